The number of hydrogen-bond acceptors (Lipinski definition) is 5. The fourth-order valence-corrected chi connectivity index (χ4v) is 3.42. The molecule has 3 aromatic rings. The highest BCUT2D eigenvalue weighted by Crippen LogP contribution is 2.23. The number of aryl methyl sites for hydroxylation is 1. The Morgan fingerprint density at radius 1 is 1.48 bits per heavy atom. The van der Waals surface area contributed by atoms with Crippen LogP contribution in [0.25, 0.3) is 16.9 Å². The Balaban J connectivity index is 1.54. The van der Waals surface area contributed by atoms with E-state index < -0.39 is 0 Å². The summed E-state index contributed by atoms with van der Waals surface area (Å²) < 4.78 is 9.63. The summed E-state index contributed by atoms with van der Waals surface area (Å²) in [6, 6.07) is 2.41. The number of amides is 1. The molecule has 1 aliphatic heterocycles. The maximum Gasteiger partial charge on any atom is 0.302 e. The van der Waals surface area contributed by atoms with Gasteiger partial charge in [-0.3, -0.25) is 13.9 Å². The topological polar surface area (TPSA) is 77.6 Å². The van der Waals surface area contributed by atoms with Crippen molar-refractivity contribution >= 4 is 11.6 Å². The van der Waals surface area contributed by atoms with E-state index in [2.05, 4.69) is 21.6 Å². The predicted molar refractivity (Wildman–Crippen MR) is 100 cm³/mol. The Morgan fingerprint density at radius 3 is 3.15 bits per heavy atom. The lowest BCUT2D eigenvalue weighted by Crippen LogP contribution is -2.40. The molecule has 27 heavy (non-hydrogen) atoms. The van der Waals surface area contributed by atoms with Crippen molar-refractivity contribution in [2.45, 2.75) is 12.8 Å². The van der Waals surface area contributed by atoms with E-state index in [9.17, 15) is 4.79 Å². The molecule has 0 N–H and O–H groups in total. The number of nitrogens with zero attached hydrogens (tertiary/aromatic N) is 6. The normalized spacial score (nSPS) is 17.2. The van der Waals surface area contributed by atoms with E-state index >= 15 is 0 Å². The van der Waals surface area contributed by atoms with Crippen LogP contribution < -0.4 is 4.74 Å². The van der Waals surface area contributed by atoms with Gasteiger partial charge < -0.3 is 9.64 Å². The Morgan fingerprint density at radius 2 is 2.37 bits per heavy atom. The summed E-state index contributed by atoms with van der Waals surface area (Å²) >= 11 is 0. The minimum Gasteiger partial charge on any atom is -0.464 e. The van der Waals surface area contributed by atoms with Crippen molar-refractivity contribution in [2.24, 2.45) is 13.0 Å². The number of carbonyl (C=O) groups is 1. The van der Waals surface area contributed by atoms with Gasteiger partial charge in [0.05, 0.1) is 18.5 Å². The maximum absolute atomic E-state index is 11.9. The van der Waals surface area contributed by atoms with E-state index in [-0.39, 0.29) is 11.8 Å². The molecule has 4 heterocycles. The maximum atomic E-state index is 11.9. The minimum absolute atomic E-state index is 0.0200. The fourth-order valence-electron chi connectivity index (χ4n) is 3.42. The standard InChI is InChI=1S/C19H22N6O2/c1-3-18(26)24-7-4-5-14(11-24)13-27-19-22-16(15-10-21-23(2)12-15)9-17-20-6-8-25(17)19/h3,6,8-10,12,14H,1,4-5,7,11,13H2,2H3/t14-/m1/s1. The summed E-state index contributed by atoms with van der Waals surface area (Å²) in [7, 11) is 1.87. The van der Waals surface area contributed by atoms with Gasteiger partial charge in [0.15, 0.2) is 0 Å². The van der Waals surface area contributed by atoms with Crippen LogP contribution in [0.2, 0.25) is 0 Å². The smallest absolute Gasteiger partial charge is 0.302 e. The summed E-state index contributed by atoms with van der Waals surface area (Å²) in [4.78, 5) is 22.7. The van der Waals surface area contributed by atoms with Crippen molar-refractivity contribution in [1.82, 2.24) is 29.0 Å². The van der Waals surface area contributed by atoms with Gasteiger partial charge in [0.1, 0.15) is 5.65 Å². The zero-order chi connectivity index (χ0) is 18.8. The first-order valence-corrected chi connectivity index (χ1v) is 9.01. The van der Waals surface area contributed by atoms with E-state index in [0.29, 0.717) is 19.2 Å². The Hall–Kier alpha value is -3.16. The van der Waals surface area contributed by atoms with Gasteiger partial charge in [0, 0.05) is 56.3 Å². The molecule has 0 bridgehead atoms. The lowest BCUT2D eigenvalue weighted by Gasteiger charge is -2.31. The zero-order valence-electron chi connectivity index (χ0n) is 15.3. The third kappa shape index (κ3) is 3.55. The highest BCUT2D eigenvalue weighted by molar-refractivity contribution is 5.87. The van der Waals surface area contributed by atoms with Crippen LogP contribution in [-0.4, -0.2) is 54.7 Å². The molecule has 0 aliphatic carbocycles. The van der Waals surface area contributed by atoms with Crippen LogP contribution in [0, 0.1) is 5.92 Å². The molecular weight excluding hydrogens is 344 g/mol. The zero-order valence-corrected chi connectivity index (χ0v) is 15.3. The second-order valence-corrected chi connectivity index (χ2v) is 6.79. The lowest BCUT2D eigenvalue weighted by molar-refractivity contribution is -0.127. The average molecular weight is 366 g/mol. The number of rotatable bonds is 5. The van der Waals surface area contributed by atoms with Crippen molar-refractivity contribution in [3.8, 4) is 17.3 Å². The SMILES string of the molecule is C=CC(=O)N1CCC[C@@H](COc2nc(-c3cnn(C)c3)cc3nccn23)C1. The second-order valence-electron chi connectivity index (χ2n) is 6.79. The summed E-state index contributed by atoms with van der Waals surface area (Å²) in [5, 5.41) is 4.21. The van der Waals surface area contributed by atoms with Gasteiger partial charge in [-0.25, -0.2) is 4.98 Å². The van der Waals surface area contributed by atoms with Crippen LogP contribution in [0.15, 0.2) is 43.5 Å². The Bertz CT molecular complexity index is 976. The number of likely N-dealkylation sites (tertiary alicyclic amines) is 1. The van der Waals surface area contributed by atoms with Crippen LogP contribution in [0.5, 0.6) is 6.01 Å². The molecule has 0 aromatic carbocycles. The van der Waals surface area contributed by atoms with E-state index in [1.165, 1.54) is 6.08 Å². The van der Waals surface area contributed by atoms with Gasteiger partial charge in [-0.1, -0.05) is 6.58 Å². The molecule has 1 fully saturated rings. The third-order valence-electron chi connectivity index (χ3n) is 4.81. The molecule has 140 valence electrons. The first kappa shape index (κ1) is 17.3. The predicted octanol–water partition coefficient (Wildman–Crippen LogP) is 1.93. The number of carbonyl (C=O) groups excluding carboxylic acids is 1. The van der Waals surface area contributed by atoms with E-state index in [1.807, 2.05) is 34.8 Å². The van der Waals surface area contributed by atoms with Crippen LogP contribution >= 0.6 is 0 Å². The van der Waals surface area contributed by atoms with Crippen molar-refractivity contribution in [1.29, 1.82) is 0 Å². The largest absolute Gasteiger partial charge is 0.464 e. The van der Waals surface area contributed by atoms with Crippen molar-refractivity contribution in [3.05, 3.63) is 43.5 Å². The number of hydrogen-bond donors (Lipinski definition) is 0. The number of imidazole rings is 1. The van der Waals surface area contributed by atoms with Gasteiger partial charge >= 0.3 is 6.01 Å². The first-order valence-electron chi connectivity index (χ1n) is 9.01. The van der Waals surface area contributed by atoms with Gasteiger partial charge in [-0.15, -0.1) is 0 Å². The Kier molecular flexibility index (Phi) is 4.62. The fraction of sp³-hybridized carbons (Fsp3) is 0.368. The molecule has 3 aromatic heterocycles. The van der Waals surface area contributed by atoms with Crippen LogP contribution in [0.3, 0.4) is 0 Å². The molecule has 0 spiro atoms. The third-order valence-corrected chi connectivity index (χ3v) is 4.81. The molecule has 4 rings (SSSR count). The number of piperidine rings is 1. The summed E-state index contributed by atoms with van der Waals surface area (Å²) in [6.07, 6.45) is 10.6. The quantitative estimate of drug-likeness (QED) is 0.645. The van der Waals surface area contributed by atoms with Crippen molar-refractivity contribution in [2.75, 3.05) is 19.7 Å². The summed E-state index contributed by atoms with van der Waals surface area (Å²) in [6.45, 7) is 5.53. The molecule has 1 atom stereocenters. The molecule has 0 unspecified atom stereocenters. The summed E-state index contributed by atoms with van der Waals surface area (Å²) in [5.41, 5.74) is 2.45. The molecule has 1 saturated heterocycles. The van der Waals surface area contributed by atoms with Gasteiger partial charge in [-0.05, 0) is 18.9 Å². The van der Waals surface area contributed by atoms with E-state index in [1.54, 1.807) is 17.1 Å². The second kappa shape index (κ2) is 7.22. The highest BCUT2D eigenvalue weighted by atomic mass is 16.5. The minimum atomic E-state index is -0.0200. The number of ether oxygens (including phenoxy) is 1. The Labute approximate surface area is 157 Å². The summed E-state index contributed by atoms with van der Waals surface area (Å²) in [5.74, 6) is 0.249. The number of fused-ring (bicyclic) bond motifs is 1. The molecule has 8 heteroatoms. The van der Waals surface area contributed by atoms with Crippen molar-refractivity contribution < 1.29 is 9.53 Å². The van der Waals surface area contributed by atoms with Crippen LogP contribution in [-0.2, 0) is 11.8 Å². The molecule has 8 nitrogen and oxygen atoms in total. The highest BCUT2D eigenvalue weighted by Gasteiger charge is 2.23. The van der Waals surface area contributed by atoms with Gasteiger partial charge in [0.25, 0.3) is 0 Å². The first-order chi connectivity index (χ1) is 13.1. The van der Waals surface area contributed by atoms with Gasteiger partial charge in [-0.2, -0.15) is 10.1 Å². The average Bonchev–Trinajstić information content (AvgIpc) is 3.34. The number of aromatic nitrogens is 5. The molecule has 0 radical (unpaired) electrons. The van der Waals surface area contributed by atoms with E-state index in [4.69, 9.17) is 4.74 Å². The molecular formula is C19H22N6O2. The molecule has 1 aliphatic rings. The van der Waals surface area contributed by atoms with Crippen LogP contribution in [0.4, 0.5) is 0 Å². The van der Waals surface area contributed by atoms with Gasteiger partial charge in [0.2, 0.25) is 5.91 Å². The lowest BCUT2D eigenvalue weighted by atomic mass is 9.99. The molecule has 1 amide bonds. The van der Waals surface area contributed by atoms with Crippen LogP contribution in [0.1, 0.15) is 12.8 Å². The van der Waals surface area contributed by atoms with E-state index in [0.717, 1.165) is 36.3 Å². The monoisotopic (exact) mass is 366 g/mol. The molecule has 0 saturated carbocycles. The van der Waals surface area contributed by atoms with Crippen molar-refractivity contribution in [3.63, 3.8) is 0 Å².